The third kappa shape index (κ3) is 3.13. The highest BCUT2D eigenvalue weighted by atomic mass is 35.5. The van der Waals surface area contributed by atoms with Crippen LogP contribution in [0.15, 0.2) is 24.3 Å². The van der Waals surface area contributed by atoms with Crippen molar-refractivity contribution < 1.29 is 4.74 Å². The highest BCUT2D eigenvalue weighted by molar-refractivity contribution is 5.85. The SMILES string of the molecule is COC1CCN(c2ccc(C)cc2)CC1.Cl. The molecular weight excluding hydrogens is 222 g/mol. The fourth-order valence-corrected chi connectivity index (χ4v) is 2.11. The molecule has 1 aromatic rings. The van der Waals surface area contributed by atoms with Crippen molar-refractivity contribution in [3.05, 3.63) is 29.8 Å². The van der Waals surface area contributed by atoms with Gasteiger partial charge in [-0.15, -0.1) is 12.4 Å². The van der Waals surface area contributed by atoms with Gasteiger partial charge in [-0.3, -0.25) is 0 Å². The Bertz CT molecular complexity index is 304. The Balaban J connectivity index is 0.00000128. The second-order valence-corrected chi connectivity index (χ2v) is 4.26. The molecule has 0 amide bonds. The second kappa shape index (κ2) is 6.12. The summed E-state index contributed by atoms with van der Waals surface area (Å²) in [5.41, 5.74) is 2.67. The van der Waals surface area contributed by atoms with Gasteiger partial charge in [0.1, 0.15) is 0 Å². The van der Waals surface area contributed by atoms with Gasteiger partial charge in [-0.1, -0.05) is 17.7 Å². The summed E-state index contributed by atoms with van der Waals surface area (Å²) in [7, 11) is 1.81. The van der Waals surface area contributed by atoms with Crippen LogP contribution in [0.2, 0.25) is 0 Å². The van der Waals surface area contributed by atoms with E-state index in [1.807, 2.05) is 7.11 Å². The number of rotatable bonds is 2. The Hall–Kier alpha value is -0.730. The molecule has 1 aliphatic rings. The predicted octanol–water partition coefficient (Wildman–Crippen LogP) is 3.03. The van der Waals surface area contributed by atoms with Crippen LogP contribution >= 0.6 is 12.4 Å². The first-order chi connectivity index (χ1) is 7.29. The first-order valence-corrected chi connectivity index (χ1v) is 5.64. The first-order valence-electron chi connectivity index (χ1n) is 5.64. The van der Waals surface area contributed by atoms with Gasteiger partial charge < -0.3 is 9.64 Å². The van der Waals surface area contributed by atoms with Crippen molar-refractivity contribution >= 4 is 18.1 Å². The van der Waals surface area contributed by atoms with Crippen molar-refractivity contribution in [1.29, 1.82) is 0 Å². The molecule has 0 spiro atoms. The smallest absolute Gasteiger partial charge is 0.0605 e. The van der Waals surface area contributed by atoms with Crippen LogP contribution < -0.4 is 4.90 Å². The average Bonchev–Trinajstić information content (AvgIpc) is 2.30. The number of hydrogen-bond donors (Lipinski definition) is 0. The normalized spacial score (nSPS) is 17.0. The number of hydrogen-bond acceptors (Lipinski definition) is 2. The molecule has 0 unspecified atom stereocenters. The summed E-state index contributed by atoms with van der Waals surface area (Å²) in [5, 5.41) is 0. The predicted molar refractivity (Wildman–Crippen MR) is 70.7 cm³/mol. The molecule has 16 heavy (non-hydrogen) atoms. The molecule has 1 aliphatic heterocycles. The van der Waals surface area contributed by atoms with E-state index in [2.05, 4.69) is 36.1 Å². The lowest BCUT2D eigenvalue weighted by atomic mass is 10.1. The molecule has 1 fully saturated rings. The van der Waals surface area contributed by atoms with Crippen LogP contribution in [0.4, 0.5) is 5.69 Å². The minimum Gasteiger partial charge on any atom is -0.381 e. The third-order valence-corrected chi connectivity index (χ3v) is 3.17. The van der Waals surface area contributed by atoms with Gasteiger partial charge >= 0.3 is 0 Å². The molecule has 0 atom stereocenters. The molecule has 90 valence electrons. The highest BCUT2D eigenvalue weighted by Gasteiger charge is 2.18. The summed E-state index contributed by atoms with van der Waals surface area (Å²) in [5.74, 6) is 0. The van der Waals surface area contributed by atoms with E-state index in [1.165, 1.54) is 11.3 Å². The van der Waals surface area contributed by atoms with E-state index in [4.69, 9.17) is 4.74 Å². The third-order valence-electron chi connectivity index (χ3n) is 3.17. The molecule has 1 saturated heterocycles. The maximum Gasteiger partial charge on any atom is 0.0605 e. The van der Waals surface area contributed by atoms with Crippen LogP contribution in [0.5, 0.6) is 0 Å². The van der Waals surface area contributed by atoms with Gasteiger partial charge in [0.2, 0.25) is 0 Å². The van der Waals surface area contributed by atoms with Crippen molar-refractivity contribution in [2.45, 2.75) is 25.9 Å². The maximum atomic E-state index is 5.37. The summed E-state index contributed by atoms with van der Waals surface area (Å²) in [6.07, 6.45) is 2.75. The van der Waals surface area contributed by atoms with E-state index in [9.17, 15) is 0 Å². The second-order valence-electron chi connectivity index (χ2n) is 4.26. The van der Waals surface area contributed by atoms with Gasteiger partial charge in [0, 0.05) is 25.9 Å². The lowest BCUT2D eigenvalue weighted by Crippen LogP contribution is -2.36. The Kier molecular flexibility index (Phi) is 5.10. The largest absolute Gasteiger partial charge is 0.381 e. The Labute approximate surface area is 104 Å². The summed E-state index contributed by atoms with van der Waals surface area (Å²) >= 11 is 0. The Morgan fingerprint density at radius 1 is 1.12 bits per heavy atom. The zero-order valence-corrected chi connectivity index (χ0v) is 10.8. The van der Waals surface area contributed by atoms with Crippen molar-refractivity contribution in [3.8, 4) is 0 Å². The quantitative estimate of drug-likeness (QED) is 0.789. The fraction of sp³-hybridized carbons (Fsp3) is 0.538. The lowest BCUT2D eigenvalue weighted by molar-refractivity contribution is 0.0819. The maximum absolute atomic E-state index is 5.37. The summed E-state index contributed by atoms with van der Waals surface area (Å²) < 4.78 is 5.37. The van der Waals surface area contributed by atoms with E-state index >= 15 is 0 Å². The van der Waals surface area contributed by atoms with Crippen LogP contribution in [0.1, 0.15) is 18.4 Å². The zero-order valence-electron chi connectivity index (χ0n) is 9.98. The standard InChI is InChI=1S/C13H19NO.ClH/c1-11-3-5-12(6-4-11)14-9-7-13(15-2)8-10-14;/h3-6,13H,7-10H2,1-2H3;1H. The van der Waals surface area contributed by atoms with E-state index in [1.54, 1.807) is 0 Å². The van der Waals surface area contributed by atoms with E-state index in [-0.39, 0.29) is 12.4 Å². The van der Waals surface area contributed by atoms with Crippen molar-refractivity contribution in [2.75, 3.05) is 25.1 Å². The van der Waals surface area contributed by atoms with Crippen LogP contribution in [0.25, 0.3) is 0 Å². The van der Waals surface area contributed by atoms with E-state index in [0.29, 0.717) is 6.10 Å². The highest BCUT2D eigenvalue weighted by Crippen LogP contribution is 2.21. The summed E-state index contributed by atoms with van der Waals surface area (Å²) in [6, 6.07) is 8.78. The van der Waals surface area contributed by atoms with Crippen LogP contribution in [0, 0.1) is 6.92 Å². The minimum absolute atomic E-state index is 0. The van der Waals surface area contributed by atoms with Crippen molar-refractivity contribution in [1.82, 2.24) is 0 Å². The molecule has 0 bridgehead atoms. The van der Waals surface area contributed by atoms with E-state index in [0.717, 1.165) is 25.9 Å². The van der Waals surface area contributed by atoms with E-state index < -0.39 is 0 Å². The number of halogens is 1. The van der Waals surface area contributed by atoms with Crippen molar-refractivity contribution in [2.24, 2.45) is 0 Å². The van der Waals surface area contributed by atoms with Crippen LogP contribution in [0.3, 0.4) is 0 Å². The molecule has 1 aromatic carbocycles. The topological polar surface area (TPSA) is 12.5 Å². The number of ether oxygens (including phenoxy) is 1. The minimum atomic E-state index is 0. The number of aryl methyl sites for hydroxylation is 1. The number of piperidine rings is 1. The van der Waals surface area contributed by atoms with Crippen molar-refractivity contribution in [3.63, 3.8) is 0 Å². The molecule has 0 N–H and O–H groups in total. The van der Waals surface area contributed by atoms with Gasteiger partial charge in [0.25, 0.3) is 0 Å². The van der Waals surface area contributed by atoms with Gasteiger partial charge in [-0.05, 0) is 31.9 Å². The number of anilines is 1. The Morgan fingerprint density at radius 2 is 1.69 bits per heavy atom. The van der Waals surface area contributed by atoms with Crippen LogP contribution in [-0.4, -0.2) is 26.3 Å². The molecule has 0 saturated carbocycles. The zero-order chi connectivity index (χ0) is 10.7. The molecule has 2 rings (SSSR count). The monoisotopic (exact) mass is 241 g/mol. The molecule has 0 aliphatic carbocycles. The Morgan fingerprint density at radius 3 is 2.19 bits per heavy atom. The summed E-state index contributed by atoms with van der Waals surface area (Å²) in [6.45, 7) is 4.35. The molecular formula is C13H20ClNO. The molecule has 1 heterocycles. The average molecular weight is 242 g/mol. The first kappa shape index (κ1) is 13.3. The molecule has 0 radical (unpaired) electrons. The molecule has 2 nitrogen and oxygen atoms in total. The van der Waals surface area contributed by atoms with Gasteiger partial charge in [-0.2, -0.15) is 0 Å². The lowest BCUT2D eigenvalue weighted by Gasteiger charge is -2.32. The van der Waals surface area contributed by atoms with Crippen LogP contribution in [-0.2, 0) is 4.74 Å². The fourth-order valence-electron chi connectivity index (χ4n) is 2.11. The molecule has 0 aromatic heterocycles. The molecule has 3 heteroatoms. The number of benzene rings is 1. The van der Waals surface area contributed by atoms with Gasteiger partial charge in [-0.25, -0.2) is 0 Å². The van der Waals surface area contributed by atoms with Gasteiger partial charge in [0.05, 0.1) is 6.10 Å². The number of nitrogens with zero attached hydrogens (tertiary/aromatic N) is 1. The van der Waals surface area contributed by atoms with Gasteiger partial charge in [0.15, 0.2) is 0 Å². The number of methoxy groups -OCH3 is 1. The summed E-state index contributed by atoms with van der Waals surface area (Å²) in [4.78, 5) is 2.44.